The average molecular weight is 663 g/mol. The van der Waals surface area contributed by atoms with E-state index >= 15 is 0 Å². The summed E-state index contributed by atoms with van der Waals surface area (Å²) in [5, 5.41) is 52.9. The fraction of sp³-hybridized carbons (Fsp3) is 0.833. The van der Waals surface area contributed by atoms with E-state index in [1.807, 2.05) is 13.8 Å². The Labute approximate surface area is 277 Å². The first kappa shape index (κ1) is 35.0. The predicted molar refractivity (Wildman–Crippen MR) is 168 cm³/mol. The van der Waals surface area contributed by atoms with Gasteiger partial charge in [0, 0.05) is 30.8 Å². The van der Waals surface area contributed by atoms with Crippen molar-refractivity contribution >= 4 is 11.9 Å². The molecule has 15 atom stereocenters. The van der Waals surface area contributed by atoms with E-state index in [0.717, 1.165) is 43.3 Å². The smallest absolute Gasteiger partial charge is 0.334 e. The van der Waals surface area contributed by atoms with Gasteiger partial charge in [0.1, 0.15) is 42.2 Å². The number of hydrogen-bond acceptors (Lipinski definition) is 11. The van der Waals surface area contributed by atoms with Gasteiger partial charge in [-0.05, 0) is 88.4 Å². The molecule has 3 saturated carbocycles. The van der Waals surface area contributed by atoms with Gasteiger partial charge < -0.3 is 44.5 Å². The predicted octanol–water partition coefficient (Wildman–Crippen LogP) is 2.69. The highest BCUT2D eigenvalue weighted by Gasteiger charge is 2.65. The van der Waals surface area contributed by atoms with Crippen LogP contribution in [-0.4, -0.2) is 98.7 Å². The zero-order valence-electron chi connectivity index (χ0n) is 28.6. The zero-order valence-corrected chi connectivity index (χ0v) is 28.6. The molecular formula is C36H54O11. The van der Waals surface area contributed by atoms with Crippen molar-refractivity contribution < 1.29 is 54.1 Å². The first-order chi connectivity index (χ1) is 22.0. The first-order valence-corrected chi connectivity index (χ1v) is 17.5. The van der Waals surface area contributed by atoms with Crippen molar-refractivity contribution in [1.82, 2.24) is 0 Å². The molecule has 4 fully saturated rings. The van der Waals surface area contributed by atoms with Gasteiger partial charge in [0.25, 0.3) is 0 Å². The molecule has 1 saturated heterocycles. The van der Waals surface area contributed by atoms with Crippen molar-refractivity contribution in [2.75, 3.05) is 6.61 Å². The summed E-state index contributed by atoms with van der Waals surface area (Å²) in [7, 11) is 0. The summed E-state index contributed by atoms with van der Waals surface area (Å²) in [4.78, 5) is 25.1. The topological polar surface area (TPSA) is 172 Å². The monoisotopic (exact) mass is 662 g/mol. The summed E-state index contributed by atoms with van der Waals surface area (Å²) in [6, 6.07) is 0. The maximum Gasteiger partial charge on any atom is 0.334 e. The molecule has 15 unspecified atom stereocenters. The fourth-order valence-corrected chi connectivity index (χ4v) is 10.9. The number of fused-ring (bicyclic) bond motifs is 5. The minimum atomic E-state index is -1.54. The molecule has 11 nitrogen and oxygen atoms in total. The molecular weight excluding hydrogens is 608 g/mol. The van der Waals surface area contributed by atoms with Crippen LogP contribution in [0.2, 0.25) is 0 Å². The molecule has 0 bridgehead atoms. The van der Waals surface area contributed by atoms with Gasteiger partial charge >= 0.3 is 11.9 Å². The van der Waals surface area contributed by atoms with Crippen molar-refractivity contribution in [1.29, 1.82) is 0 Å². The van der Waals surface area contributed by atoms with E-state index in [2.05, 4.69) is 19.9 Å². The molecule has 0 radical (unpaired) electrons. The largest absolute Gasteiger partial charge is 0.462 e. The molecule has 0 aromatic rings. The first-order valence-electron chi connectivity index (χ1n) is 17.5. The standard InChI is InChI=1S/C36H54O11/c1-17-13-28(47-32(42)18(17)2)36(6,43)26-10-9-23-22-8-7-20-14-21(45-33-31(41)30(40)29(39)25(16-37)46-33)15-27(44-19(3)38)35(20,5)24(22)11-12-34(23,26)4/h7,21-31,33,37,39-41,43H,8-16H2,1-6H3. The second kappa shape index (κ2) is 12.5. The Morgan fingerprint density at radius 2 is 1.79 bits per heavy atom. The van der Waals surface area contributed by atoms with Crippen molar-refractivity contribution in [3.63, 3.8) is 0 Å². The van der Waals surface area contributed by atoms with Crippen LogP contribution in [0.1, 0.15) is 92.9 Å². The Kier molecular flexibility index (Phi) is 9.29. The minimum Gasteiger partial charge on any atom is -0.462 e. The minimum absolute atomic E-state index is 0.0323. The lowest BCUT2D eigenvalue weighted by Gasteiger charge is -2.60. The van der Waals surface area contributed by atoms with Crippen LogP contribution < -0.4 is 0 Å². The lowest BCUT2D eigenvalue weighted by Crippen LogP contribution is -2.61. The molecule has 2 aliphatic heterocycles. The zero-order chi connectivity index (χ0) is 34.2. The number of allylic oxidation sites excluding steroid dienone is 1. The quantitative estimate of drug-likeness (QED) is 0.209. The Bertz CT molecular complexity index is 1310. The maximum absolute atomic E-state index is 12.6. The van der Waals surface area contributed by atoms with Crippen LogP contribution in [0, 0.1) is 34.5 Å². The molecule has 6 aliphatic rings. The Morgan fingerprint density at radius 1 is 1.06 bits per heavy atom. The van der Waals surface area contributed by atoms with Gasteiger partial charge in [-0.2, -0.15) is 0 Å². The molecule has 5 N–H and O–H groups in total. The number of hydrogen-bond donors (Lipinski definition) is 5. The number of rotatable bonds is 6. The van der Waals surface area contributed by atoms with Crippen LogP contribution in [0.3, 0.4) is 0 Å². The van der Waals surface area contributed by atoms with Crippen LogP contribution in [-0.2, 0) is 28.5 Å². The highest BCUT2D eigenvalue weighted by Crippen LogP contribution is 2.68. The molecule has 4 aliphatic carbocycles. The normalized spacial score (nSPS) is 48.0. The molecule has 264 valence electrons. The van der Waals surface area contributed by atoms with Crippen LogP contribution in [0.4, 0.5) is 0 Å². The molecule has 11 heteroatoms. The SMILES string of the molecule is CC(=O)OC1CC(OC2OC(CO)C(O)C(O)C2O)CC2=CCC3C4CCC(C(C)(O)C5CC(C)=C(C)C(=O)O5)C4(C)CCC3C21C. The van der Waals surface area contributed by atoms with Gasteiger partial charge in [-0.1, -0.05) is 31.1 Å². The van der Waals surface area contributed by atoms with Gasteiger partial charge in [-0.15, -0.1) is 0 Å². The summed E-state index contributed by atoms with van der Waals surface area (Å²) < 4.78 is 23.7. The molecule has 6 rings (SSSR count). The summed E-state index contributed by atoms with van der Waals surface area (Å²) in [5.41, 5.74) is 0.973. The lowest BCUT2D eigenvalue weighted by molar-refractivity contribution is -0.315. The molecule has 2 heterocycles. The number of aliphatic hydroxyl groups is 5. The summed E-state index contributed by atoms with van der Waals surface area (Å²) >= 11 is 0. The van der Waals surface area contributed by atoms with E-state index in [-0.39, 0.29) is 29.2 Å². The third-order valence-electron chi connectivity index (χ3n) is 13.7. The Balaban J connectivity index is 1.24. The van der Waals surface area contributed by atoms with Crippen molar-refractivity contribution in [3.05, 3.63) is 22.8 Å². The lowest BCUT2D eigenvalue weighted by atomic mass is 9.46. The van der Waals surface area contributed by atoms with Gasteiger partial charge in [0.2, 0.25) is 0 Å². The van der Waals surface area contributed by atoms with E-state index in [1.165, 1.54) is 6.92 Å². The number of carbonyl (C=O) groups excluding carboxylic acids is 2. The van der Waals surface area contributed by atoms with Gasteiger partial charge in [0.15, 0.2) is 6.29 Å². The van der Waals surface area contributed by atoms with E-state index in [0.29, 0.717) is 36.7 Å². The van der Waals surface area contributed by atoms with Crippen LogP contribution in [0.5, 0.6) is 0 Å². The molecule has 0 aromatic heterocycles. The third-order valence-corrected chi connectivity index (χ3v) is 13.7. The van der Waals surface area contributed by atoms with E-state index in [1.54, 1.807) is 6.92 Å². The van der Waals surface area contributed by atoms with Crippen LogP contribution >= 0.6 is 0 Å². The highest BCUT2D eigenvalue weighted by molar-refractivity contribution is 5.89. The molecule has 0 aromatic carbocycles. The number of esters is 2. The number of cyclic esters (lactones) is 1. The van der Waals surface area contributed by atoms with Crippen LogP contribution in [0.25, 0.3) is 0 Å². The summed E-state index contributed by atoms with van der Waals surface area (Å²) in [5.74, 6) is 0.138. The van der Waals surface area contributed by atoms with E-state index in [9.17, 15) is 35.1 Å². The Hall–Kier alpha value is -1.86. The third kappa shape index (κ3) is 5.62. The number of carbonyl (C=O) groups is 2. The fourth-order valence-electron chi connectivity index (χ4n) is 10.9. The molecule has 0 spiro atoms. The molecule has 0 amide bonds. The highest BCUT2D eigenvalue weighted by atomic mass is 16.7. The second-order valence-corrected chi connectivity index (χ2v) is 16.0. The summed E-state index contributed by atoms with van der Waals surface area (Å²) in [6.45, 7) is 11.0. The summed E-state index contributed by atoms with van der Waals surface area (Å²) in [6.07, 6.45) is -0.262. The van der Waals surface area contributed by atoms with E-state index in [4.69, 9.17) is 18.9 Å². The van der Waals surface area contributed by atoms with Crippen LogP contribution in [0.15, 0.2) is 22.8 Å². The number of ether oxygens (including phenoxy) is 4. The van der Waals surface area contributed by atoms with E-state index < -0.39 is 66.6 Å². The van der Waals surface area contributed by atoms with Crippen molar-refractivity contribution in [2.45, 2.75) is 148 Å². The van der Waals surface area contributed by atoms with Crippen molar-refractivity contribution in [3.8, 4) is 0 Å². The van der Waals surface area contributed by atoms with Gasteiger partial charge in [-0.25, -0.2) is 4.79 Å². The van der Waals surface area contributed by atoms with Gasteiger partial charge in [-0.3, -0.25) is 4.79 Å². The number of aliphatic hydroxyl groups excluding tert-OH is 4. The maximum atomic E-state index is 12.6. The van der Waals surface area contributed by atoms with Gasteiger partial charge in [0.05, 0.1) is 12.7 Å². The second-order valence-electron chi connectivity index (χ2n) is 16.0. The van der Waals surface area contributed by atoms with Crippen molar-refractivity contribution in [2.24, 2.45) is 34.5 Å². The Morgan fingerprint density at radius 3 is 2.45 bits per heavy atom. The average Bonchev–Trinajstić information content (AvgIpc) is 3.38. The molecule has 47 heavy (non-hydrogen) atoms.